The van der Waals surface area contributed by atoms with Gasteiger partial charge in [0, 0.05) is 18.2 Å². The van der Waals surface area contributed by atoms with Gasteiger partial charge in [0.1, 0.15) is 11.6 Å². The maximum Gasteiger partial charge on any atom is 0.231 e. The number of nitrogens with zero attached hydrogens (tertiary/aromatic N) is 1. The molecule has 0 saturated heterocycles. The van der Waals surface area contributed by atoms with Crippen molar-refractivity contribution in [1.29, 1.82) is 0 Å². The average Bonchev–Trinajstić information content (AvgIpc) is 2.86. The van der Waals surface area contributed by atoms with E-state index in [2.05, 4.69) is 0 Å². The second-order valence-corrected chi connectivity index (χ2v) is 5.08. The average molecular weight is 266 g/mol. The fraction of sp³-hybridized carbons (Fsp3) is 0.500. The molecule has 1 aromatic rings. The van der Waals surface area contributed by atoms with E-state index < -0.39 is 11.7 Å². The zero-order chi connectivity index (χ0) is 13.8. The molecule has 1 aliphatic carbocycles. The number of rotatable bonds is 5. The Hall–Kier alpha value is -1.62. The van der Waals surface area contributed by atoms with Crippen molar-refractivity contribution in [2.45, 2.75) is 38.3 Å². The molecule has 0 aromatic heterocycles. The second-order valence-electron chi connectivity index (χ2n) is 5.08. The normalized spacial score (nSPS) is 16.1. The molecular weight excluding hydrogens is 247 g/mol. The summed E-state index contributed by atoms with van der Waals surface area (Å²) >= 11 is 0. The molecule has 19 heavy (non-hydrogen) atoms. The fourth-order valence-electron chi connectivity index (χ4n) is 2.68. The predicted molar refractivity (Wildman–Crippen MR) is 69.9 cm³/mol. The molecule has 0 bridgehead atoms. The van der Waals surface area contributed by atoms with Crippen molar-refractivity contribution >= 4 is 5.91 Å². The van der Waals surface area contributed by atoms with E-state index in [4.69, 9.17) is 5.73 Å². The Labute approximate surface area is 112 Å². The maximum atomic E-state index is 13.2. The first-order chi connectivity index (χ1) is 9.06. The molecule has 1 aromatic carbocycles. The number of phenolic OH excluding ortho intramolecular Hbond substituents is 1. The fourth-order valence-corrected chi connectivity index (χ4v) is 2.68. The molecule has 5 heteroatoms. The van der Waals surface area contributed by atoms with Gasteiger partial charge in [0.15, 0.2) is 0 Å². The molecule has 0 heterocycles. The van der Waals surface area contributed by atoms with Gasteiger partial charge in [-0.2, -0.15) is 0 Å². The highest BCUT2D eigenvalue weighted by molar-refractivity contribution is 5.76. The Morgan fingerprint density at radius 1 is 1.42 bits per heavy atom. The lowest BCUT2D eigenvalue weighted by molar-refractivity contribution is -0.119. The van der Waals surface area contributed by atoms with Gasteiger partial charge in [0.25, 0.3) is 0 Å². The number of aromatic hydroxyl groups is 1. The molecule has 0 aliphatic heterocycles. The lowest BCUT2D eigenvalue weighted by Gasteiger charge is -2.27. The molecule has 1 amide bonds. The summed E-state index contributed by atoms with van der Waals surface area (Å²) in [7, 11) is 0. The highest BCUT2D eigenvalue weighted by Crippen LogP contribution is 2.27. The van der Waals surface area contributed by atoms with E-state index in [0.29, 0.717) is 12.1 Å². The number of nitrogens with two attached hydrogens (primary N) is 1. The number of benzene rings is 1. The van der Waals surface area contributed by atoms with Crippen molar-refractivity contribution in [1.82, 2.24) is 4.90 Å². The summed E-state index contributed by atoms with van der Waals surface area (Å²) in [6.07, 6.45) is 4.30. The molecule has 1 aliphatic rings. The van der Waals surface area contributed by atoms with Gasteiger partial charge in [-0.1, -0.05) is 12.8 Å². The van der Waals surface area contributed by atoms with Crippen LogP contribution >= 0.6 is 0 Å². The summed E-state index contributed by atoms with van der Waals surface area (Å²) < 4.78 is 13.2. The standard InChI is InChI=1S/C14H19FN2O2/c15-11-5-6-13(18)10(7-11)8-17(9-14(16)19)12-3-1-2-4-12/h5-7,12,18H,1-4,8-9H2,(H2,16,19). The number of halogens is 1. The first-order valence-corrected chi connectivity index (χ1v) is 6.56. The third kappa shape index (κ3) is 3.67. The van der Waals surface area contributed by atoms with Crippen molar-refractivity contribution in [3.63, 3.8) is 0 Å². The topological polar surface area (TPSA) is 66.6 Å². The van der Waals surface area contributed by atoms with Crippen LogP contribution in [0.5, 0.6) is 5.75 Å². The van der Waals surface area contributed by atoms with E-state index in [1.807, 2.05) is 4.90 Å². The summed E-state index contributed by atoms with van der Waals surface area (Å²) in [4.78, 5) is 13.1. The minimum atomic E-state index is -0.400. The Morgan fingerprint density at radius 3 is 2.74 bits per heavy atom. The lowest BCUT2D eigenvalue weighted by Crippen LogP contribution is -2.39. The van der Waals surface area contributed by atoms with Crippen molar-refractivity contribution in [3.05, 3.63) is 29.6 Å². The van der Waals surface area contributed by atoms with Crippen molar-refractivity contribution in [2.75, 3.05) is 6.54 Å². The Morgan fingerprint density at radius 2 is 2.11 bits per heavy atom. The van der Waals surface area contributed by atoms with E-state index in [0.717, 1.165) is 25.7 Å². The van der Waals surface area contributed by atoms with Crippen molar-refractivity contribution in [3.8, 4) is 5.75 Å². The SMILES string of the molecule is NC(=O)CN(Cc1cc(F)ccc1O)C1CCCC1. The Bertz CT molecular complexity index is 459. The number of amides is 1. The number of hydrogen-bond acceptors (Lipinski definition) is 3. The molecule has 104 valence electrons. The van der Waals surface area contributed by atoms with Crippen LogP contribution in [-0.2, 0) is 11.3 Å². The van der Waals surface area contributed by atoms with Crippen molar-refractivity contribution in [2.24, 2.45) is 5.73 Å². The van der Waals surface area contributed by atoms with Crippen LogP contribution in [-0.4, -0.2) is 28.5 Å². The Balaban J connectivity index is 2.14. The summed E-state index contributed by atoms with van der Waals surface area (Å²) in [5.41, 5.74) is 5.76. The number of primary amides is 1. The van der Waals surface area contributed by atoms with E-state index in [1.165, 1.54) is 18.2 Å². The van der Waals surface area contributed by atoms with E-state index in [1.54, 1.807) is 0 Å². The molecule has 1 fully saturated rings. The number of carbonyl (C=O) groups excluding carboxylic acids is 1. The summed E-state index contributed by atoms with van der Waals surface area (Å²) in [6, 6.07) is 4.14. The second kappa shape index (κ2) is 6.02. The number of phenols is 1. The molecule has 2 rings (SSSR count). The van der Waals surface area contributed by atoms with Crippen LogP contribution in [0.1, 0.15) is 31.2 Å². The zero-order valence-corrected chi connectivity index (χ0v) is 10.8. The van der Waals surface area contributed by atoms with Gasteiger partial charge < -0.3 is 10.8 Å². The minimum absolute atomic E-state index is 0.0499. The molecule has 3 N–H and O–H groups in total. The quantitative estimate of drug-likeness (QED) is 0.853. The van der Waals surface area contributed by atoms with Crippen LogP contribution in [0.4, 0.5) is 4.39 Å². The summed E-state index contributed by atoms with van der Waals surface area (Å²) in [5, 5.41) is 9.75. The summed E-state index contributed by atoms with van der Waals surface area (Å²) in [5.74, 6) is -0.741. The molecule has 0 spiro atoms. The van der Waals surface area contributed by atoms with Crippen LogP contribution in [0.25, 0.3) is 0 Å². The minimum Gasteiger partial charge on any atom is -0.508 e. The first kappa shape index (κ1) is 13.8. The maximum absolute atomic E-state index is 13.2. The van der Waals surface area contributed by atoms with Gasteiger partial charge in [-0.25, -0.2) is 4.39 Å². The largest absolute Gasteiger partial charge is 0.508 e. The smallest absolute Gasteiger partial charge is 0.231 e. The highest BCUT2D eigenvalue weighted by Gasteiger charge is 2.24. The van der Waals surface area contributed by atoms with Crippen LogP contribution in [0.2, 0.25) is 0 Å². The molecule has 4 nitrogen and oxygen atoms in total. The van der Waals surface area contributed by atoms with Gasteiger partial charge in [0.05, 0.1) is 6.54 Å². The Kier molecular flexibility index (Phi) is 4.37. The van der Waals surface area contributed by atoms with Crippen molar-refractivity contribution < 1.29 is 14.3 Å². The molecule has 1 saturated carbocycles. The lowest BCUT2D eigenvalue weighted by atomic mass is 10.1. The molecular formula is C14H19FN2O2. The third-order valence-electron chi connectivity index (χ3n) is 3.61. The zero-order valence-electron chi connectivity index (χ0n) is 10.8. The molecule has 0 radical (unpaired) electrons. The van der Waals surface area contributed by atoms with Gasteiger partial charge in [-0.05, 0) is 31.0 Å². The summed E-state index contributed by atoms with van der Waals surface area (Å²) in [6.45, 7) is 0.484. The molecule has 0 atom stereocenters. The predicted octanol–water partition coefficient (Wildman–Crippen LogP) is 1.76. The monoisotopic (exact) mass is 266 g/mol. The first-order valence-electron chi connectivity index (χ1n) is 6.56. The number of carbonyl (C=O) groups is 1. The van der Waals surface area contributed by atoms with E-state index in [-0.39, 0.29) is 18.3 Å². The highest BCUT2D eigenvalue weighted by atomic mass is 19.1. The van der Waals surface area contributed by atoms with Gasteiger partial charge in [-0.15, -0.1) is 0 Å². The van der Waals surface area contributed by atoms with Gasteiger partial charge in [-0.3, -0.25) is 9.69 Å². The van der Waals surface area contributed by atoms with Crippen LogP contribution < -0.4 is 5.73 Å². The molecule has 0 unspecified atom stereocenters. The van der Waals surface area contributed by atoms with E-state index in [9.17, 15) is 14.3 Å². The van der Waals surface area contributed by atoms with Gasteiger partial charge >= 0.3 is 0 Å². The van der Waals surface area contributed by atoms with E-state index >= 15 is 0 Å². The van der Waals surface area contributed by atoms with Crippen LogP contribution in [0.3, 0.4) is 0 Å². The third-order valence-corrected chi connectivity index (χ3v) is 3.61. The van der Waals surface area contributed by atoms with Gasteiger partial charge in [0.2, 0.25) is 5.91 Å². The van der Waals surface area contributed by atoms with Crippen LogP contribution in [0, 0.1) is 5.82 Å². The number of hydrogen-bond donors (Lipinski definition) is 2. The van der Waals surface area contributed by atoms with Crippen LogP contribution in [0.15, 0.2) is 18.2 Å².